The molecule has 0 aliphatic carbocycles. The van der Waals surface area contributed by atoms with Crippen LogP contribution in [0.2, 0.25) is 0 Å². The molecule has 1 amide bonds. The molecule has 0 radical (unpaired) electrons. The monoisotopic (exact) mass is 251 g/mol. The van der Waals surface area contributed by atoms with Gasteiger partial charge in [0.25, 0.3) is 5.91 Å². The van der Waals surface area contributed by atoms with Crippen molar-refractivity contribution in [2.75, 3.05) is 11.9 Å². The molecule has 0 saturated heterocycles. The van der Waals surface area contributed by atoms with E-state index in [9.17, 15) is 9.59 Å². The van der Waals surface area contributed by atoms with E-state index in [0.717, 1.165) is 0 Å². The van der Waals surface area contributed by atoms with Crippen LogP contribution >= 0.6 is 0 Å². The topological polar surface area (TPSA) is 75.6 Å². The summed E-state index contributed by atoms with van der Waals surface area (Å²) in [6, 6.07) is 6.70. The molecule has 5 heteroatoms. The lowest BCUT2D eigenvalue weighted by Crippen LogP contribution is -2.27. The van der Waals surface area contributed by atoms with Gasteiger partial charge >= 0.3 is 5.97 Å². The number of hydrogen-bond acceptors (Lipinski definition) is 3. The maximum atomic E-state index is 11.6. The van der Waals surface area contributed by atoms with Crippen molar-refractivity contribution in [3.8, 4) is 0 Å². The molecule has 2 N–H and O–H groups in total. The van der Waals surface area contributed by atoms with Gasteiger partial charge in [0.1, 0.15) is 6.10 Å². The number of anilines is 1. The van der Waals surface area contributed by atoms with Crippen LogP contribution in [0.4, 0.5) is 5.69 Å². The predicted octanol–water partition coefficient (Wildman–Crippen LogP) is 1.68. The first-order valence-electron chi connectivity index (χ1n) is 5.76. The van der Waals surface area contributed by atoms with E-state index in [1.807, 2.05) is 6.92 Å². The molecule has 0 bridgehead atoms. The lowest BCUT2D eigenvalue weighted by atomic mass is 10.1. The van der Waals surface area contributed by atoms with E-state index in [4.69, 9.17) is 9.84 Å². The summed E-state index contributed by atoms with van der Waals surface area (Å²) in [5.74, 6) is -1.10. The van der Waals surface area contributed by atoms with E-state index >= 15 is 0 Å². The molecule has 0 aromatic heterocycles. The maximum absolute atomic E-state index is 11.6. The predicted molar refractivity (Wildman–Crippen MR) is 67.5 cm³/mol. The number of carbonyl (C=O) groups excluding carboxylic acids is 1. The number of nitrogens with one attached hydrogen (secondary N) is 1. The van der Waals surface area contributed by atoms with E-state index in [2.05, 4.69) is 5.32 Å². The molecule has 0 aliphatic heterocycles. The van der Waals surface area contributed by atoms with Crippen molar-refractivity contribution >= 4 is 17.6 Å². The first-order chi connectivity index (χ1) is 8.52. The molecule has 0 fully saturated rings. The van der Waals surface area contributed by atoms with Gasteiger partial charge in [-0.1, -0.05) is 12.1 Å². The number of carboxylic acids is 1. The Morgan fingerprint density at radius 3 is 2.44 bits per heavy atom. The molecular weight excluding hydrogens is 234 g/mol. The van der Waals surface area contributed by atoms with Crippen LogP contribution in [-0.2, 0) is 20.7 Å². The Balaban J connectivity index is 2.58. The highest BCUT2D eigenvalue weighted by Crippen LogP contribution is 2.11. The Bertz CT molecular complexity index is 414. The van der Waals surface area contributed by atoms with Crippen molar-refractivity contribution in [3.63, 3.8) is 0 Å². The molecule has 1 unspecified atom stereocenters. The van der Waals surface area contributed by atoms with Crippen LogP contribution in [0, 0.1) is 0 Å². The average molecular weight is 251 g/mol. The fourth-order valence-corrected chi connectivity index (χ4v) is 1.45. The molecule has 0 aliphatic rings. The van der Waals surface area contributed by atoms with Gasteiger partial charge in [-0.05, 0) is 31.5 Å². The van der Waals surface area contributed by atoms with Crippen LogP contribution in [0.5, 0.6) is 0 Å². The van der Waals surface area contributed by atoms with Crippen LogP contribution in [0.15, 0.2) is 24.3 Å². The third-order valence-corrected chi connectivity index (χ3v) is 2.36. The normalized spacial score (nSPS) is 11.9. The molecule has 1 rings (SSSR count). The third kappa shape index (κ3) is 4.55. The molecule has 1 aromatic carbocycles. The number of benzene rings is 1. The molecule has 5 nitrogen and oxygen atoms in total. The standard InChI is InChI=1S/C13H17NO4/c1-3-18-9(2)13(17)14-11-6-4-10(5-7-11)8-12(15)16/h4-7,9H,3,8H2,1-2H3,(H,14,17)(H,15,16). The van der Waals surface area contributed by atoms with Gasteiger partial charge in [0.05, 0.1) is 6.42 Å². The second-order valence-electron chi connectivity index (χ2n) is 3.85. The minimum atomic E-state index is -0.878. The molecule has 98 valence electrons. The Kier molecular flexibility index (Phi) is 5.32. The van der Waals surface area contributed by atoms with Crippen LogP contribution in [0.25, 0.3) is 0 Å². The quantitative estimate of drug-likeness (QED) is 0.806. The zero-order valence-corrected chi connectivity index (χ0v) is 10.5. The van der Waals surface area contributed by atoms with Crippen molar-refractivity contribution in [3.05, 3.63) is 29.8 Å². The van der Waals surface area contributed by atoms with Crippen LogP contribution in [-0.4, -0.2) is 29.7 Å². The molecule has 1 aromatic rings. The first-order valence-corrected chi connectivity index (χ1v) is 5.76. The lowest BCUT2D eigenvalue weighted by molar-refractivity contribution is -0.136. The van der Waals surface area contributed by atoms with Crippen LogP contribution in [0.3, 0.4) is 0 Å². The van der Waals surface area contributed by atoms with Gasteiger partial charge in [-0.15, -0.1) is 0 Å². The van der Waals surface area contributed by atoms with E-state index in [0.29, 0.717) is 17.9 Å². The van der Waals surface area contributed by atoms with Crippen molar-refractivity contribution in [2.24, 2.45) is 0 Å². The molecule has 0 spiro atoms. The summed E-state index contributed by atoms with van der Waals surface area (Å²) in [6.45, 7) is 3.98. The second kappa shape index (κ2) is 6.76. The number of ether oxygens (including phenoxy) is 1. The molecule has 1 atom stereocenters. The van der Waals surface area contributed by atoms with E-state index in [1.165, 1.54) is 0 Å². The molecule has 0 saturated carbocycles. The van der Waals surface area contributed by atoms with Gasteiger partial charge in [-0.3, -0.25) is 9.59 Å². The van der Waals surface area contributed by atoms with Gasteiger partial charge in [-0.2, -0.15) is 0 Å². The van der Waals surface area contributed by atoms with Crippen molar-refractivity contribution < 1.29 is 19.4 Å². The zero-order chi connectivity index (χ0) is 13.5. The van der Waals surface area contributed by atoms with E-state index in [-0.39, 0.29) is 12.3 Å². The summed E-state index contributed by atoms with van der Waals surface area (Å²) in [7, 11) is 0. The van der Waals surface area contributed by atoms with E-state index in [1.54, 1.807) is 31.2 Å². The maximum Gasteiger partial charge on any atom is 0.307 e. The fourth-order valence-electron chi connectivity index (χ4n) is 1.45. The highest BCUT2D eigenvalue weighted by molar-refractivity contribution is 5.93. The number of rotatable bonds is 6. The summed E-state index contributed by atoms with van der Waals surface area (Å²) in [5, 5.41) is 11.3. The summed E-state index contributed by atoms with van der Waals surface area (Å²) >= 11 is 0. The Morgan fingerprint density at radius 2 is 1.94 bits per heavy atom. The summed E-state index contributed by atoms with van der Waals surface area (Å²) in [6.07, 6.45) is -0.530. The number of hydrogen-bond donors (Lipinski definition) is 2. The van der Waals surface area contributed by atoms with Gasteiger partial charge in [0.2, 0.25) is 0 Å². The van der Waals surface area contributed by atoms with Crippen molar-refractivity contribution in [1.29, 1.82) is 0 Å². The third-order valence-electron chi connectivity index (χ3n) is 2.36. The van der Waals surface area contributed by atoms with Gasteiger partial charge < -0.3 is 15.2 Å². The first kappa shape index (κ1) is 14.2. The summed E-state index contributed by atoms with van der Waals surface area (Å²) < 4.78 is 5.16. The SMILES string of the molecule is CCOC(C)C(=O)Nc1ccc(CC(=O)O)cc1. The number of amides is 1. The second-order valence-corrected chi connectivity index (χ2v) is 3.85. The number of carbonyl (C=O) groups is 2. The van der Waals surface area contributed by atoms with Gasteiger partial charge in [0, 0.05) is 12.3 Å². The van der Waals surface area contributed by atoms with Gasteiger partial charge in [0.15, 0.2) is 0 Å². The zero-order valence-electron chi connectivity index (χ0n) is 10.5. The van der Waals surface area contributed by atoms with Gasteiger partial charge in [-0.25, -0.2) is 0 Å². The molecule has 0 heterocycles. The Morgan fingerprint density at radius 1 is 1.33 bits per heavy atom. The average Bonchev–Trinajstić information content (AvgIpc) is 2.31. The van der Waals surface area contributed by atoms with Crippen LogP contribution < -0.4 is 5.32 Å². The highest BCUT2D eigenvalue weighted by Gasteiger charge is 2.12. The smallest absolute Gasteiger partial charge is 0.307 e. The highest BCUT2D eigenvalue weighted by atomic mass is 16.5. The van der Waals surface area contributed by atoms with Crippen molar-refractivity contribution in [1.82, 2.24) is 0 Å². The largest absolute Gasteiger partial charge is 0.481 e. The summed E-state index contributed by atoms with van der Waals surface area (Å²) in [5.41, 5.74) is 1.32. The Labute approximate surface area is 106 Å². The van der Waals surface area contributed by atoms with Crippen LogP contribution in [0.1, 0.15) is 19.4 Å². The molecule has 18 heavy (non-hydrogen) atoms. The summed E-state index contributed by atoms with van der Waals surface area (Å²) in [4.78, 5) is 22.1. The minimum absolute atomic E-state index is 0.0242. The number of carboxylic acid groups (broad SMARTS) is 1. The van der Waals surface area contributed by atoms with E-state index < -0.39 is 12.1 Å². The lowest BCUT2D eigenvalue weighted by Gasteiger charge is -2.12. The van der Waals surface area contributed by atoms with Crippen molar-refractivity contribution in [2.45, 2.75) is 26.4 Å². The minimum Gasteiger partial charge on any atom is -0.481 e. The Hall–Kier alpha value is -1.88. The molecular formula is C13H17NO4. The fraction of sp³-hybridized carbons (Fsp3) is 0.385. The number of aliphatic carboxylic acids is 1.